The van der Waals surface area contributed by atoms with Gasteiger partial charge in [-0.2, -0.15) is 13.5 Å². The van der Waals surface area contributed by atoms with Gasteiger partial charge in [-0.05, 0) is 12.5 Å². The molecule has 0 spiro atoms. The quantitative estimate of drug-likeness (QED) is 0.763. The molecule has 3 heteroatoms. The molecule has 1 atom stereocenters. The fourth-order valence-corrected chi connectivity index (χ4v) is 0.884. The van der Waals surface area contributed by atoms with Gasteiger partial charge in [-0.3, -0.25) is 4.79 Å². The van der Waals surface area contributed by atoms with Crippen molar-refractivity contribution in [1.29, 1.82) is 0 Å². The van der Waals surface area contributed by atoms with Crippen molar-refractivity contribution in [1.82, 2.24) is 0 Å². The number of carboxylic acids is 1. The maximum Gasteiger partial charge on any atom is 0.310 e. The molecule has 12 heavy (non-hydrogen) atoms. The number of rotatable bonds is 2. The fourth-order valence-electron chi connectivity index (χ4n) is 0.884. The summed E-state index contributed by atoms with van der Waals surface area (Å²) < 4.78 is 0. The van der Waals surface area contributed by atoms with Crippen molar-refractivity contribution < 1.29 is 9.90 Å². The molecule has 1 N–H and O–H groups in total. The minimum Gasteiger partial charge on any atom is -0.481 e. The van der Waals surface area contributed by atoms with E-state index < -0.39 is 11.9 Å². The van der Waals surface area contributed by atoms with Crippen LogP contribution in [0, 0.1) is 0 Å². The van der Waals surface area contributed by atoms with E-state index in [0.717, 1.165) is 5.56 Å². The van der Waals surface area contributed by atoms with E-state index in [1.807, 2.05) is 30.3 Å². The van der Waals surface area contributed by atoms with Crippen LogP contribution in [0.3, 0.4) is 0 Å². The monoisotopic (exact) mass is 184 g/mol. The lowest BCUT2D eigenvalue weighted by atomic mass is 10.0. The van der Waals surface area contributed by atoms with Gasteiger partial charge in [0.05, 0.1) is 5.92 Å². The zero-order chi connectivity index (χ0) is 8.27. The topological polar surface area (TPSA) is 37.3 Å². The third kappa shape index (κ3) is 2.58. The van der Waals surface area contributed by atoms with E-state index in [1.54, 1.807) is 6.92 Å². The highest BCUT2D eigenvalue weighted by Crippen LogP contribution is 2.13. The Morgan fingerprint density at radius 1 is 1.33 bits per heavy atom. The Morgan fingerprint density at radius 3 is 2.25 bits per heavy atom. The van der Waals surface area contributed by atoms with Crippen molar-refractivity contribution in [3.05, 3.63) is 35.9 Å². The summed E-state index contributed by atoms with van der Waals surface area (Å²) in [5.41, 5.74) is 0.847. The maximum absolute atomic E-state index is 10.5. The normalized spacial score (nSPS) is 11.4. The van der Waals surface area contributed by atoms with Crippen LogP contribution in [-0.2, 0) is 4.79 Å². The Bertz CT molecular complexity index is 246. The molecule has 0 saturated heterocycles. The zero-order valence-corrected chi connectivity index (χ0v) is 7.82. The van der Waals surface area contributed by atoms with Gasteiger partial charge in [-0.15, -0.1) is 0 Å². The van der Waals surface area contributed by atoms with E-state index in [2.05, 4.69) is 0 Å². The molecule has 0 aliphatic heterocycles. The molecule has 1 unspecified atom stereocenters. The molecule has 0 fully saturated rings. The molecule has 0 radical (unpaired) electrons. The summed E-state index contributed by atoms with van der Waals surface area (Å²) in [5, 5.41) is 8.64. The summed E-state index contributed by atoms with van der Waals surface area (Å²) in [6, 6.07) is 9.19. The Kier molecular flexibility index (Phi) is 4.44. The van der Waals surface area contributed by atoms with Gasteiger partial charge >= 0.3 is 5.97 Å². The minimum absolute atomic E-state index is 0. The van der Waals surface area contributed by atoms with E-state index in [9.17, 15) is 4.79 Å². The van der Waals surface area contributed by atoms with Gasteiger partial charge in [0, 0.05) is 0 Å². The predicted octanol–water partition coefficient (Wildman–Crippen LogP) is 1.99. The van der Waals surface area contributed by atoms with Crippen LogP contribution in [0.25, 0.3) is 0 Å². The lowest BCUT2D eigenvalue weighted by Crippen LogP contribution is -2.06. The van der Waals surface area contributed by atoms with Gasteiger partial charge in [0.15, 0.2) is 0 Å². The van der Waals surface area contributed by atoms with Crippen molar-refractivity contribution in [2.24, 2.45) is 0 Å². The van der Waals surface area contributed by atoms with Crippen molar-refractivity contribution in [3.63, 3.8) is 0 Å². The zero-order valence-electron chi connectivity index (χ0n) is 6.82. The highest BCUT2D eigenvalue weighted by molar-refractivity contribution is 7.59. The average Bonchev–Trinajstić information content (AvgIpc) is 2.05. The molecular formula is C9H12O2S. The first kappa shape index (κ1) is 11.0. The van der Waals surface area contributed by atoms with Crippen LogP contribution in [0.4, 0.5) is 0 Å². The summed E-state index contributed by atoms with van der Waals surface area (Å²) in [6.07, 6.45) is 0. The van der Waals surface area contributed by atoms with Crippen molar-refractivity contribution in [2.45, 2.75) is 12.8 Å². The van der Waals surface area contributed by atoms with Crippen molar-refractivity contribution in [3.8, 4) is 0 Å². The molecule has 66 valence electrons. The molecule has 0 saturated carbocycles. The van der Waals surface area contributed by atoms with E-state index in [-0.39, 0.29) is 13.5 Å². The maximum atomic E-state index is 10.5. The summed E-state index contributed by atoms with van der Waals surface area (Å²) in [4.78, 5) is 10.5. The molecule has 1 rings (SSSR count). The predicted molar refractivity (Wildman–Crippen MR) is 52.9 cm³/mol. The van der Waals surface area contributed by atoms with Crippen LogP contribution in [-0.4, -0.2) is 11.1 Å². The summed E-state index contributed by atoms with van der Waals surface area (Å²) >= 11 is 0. The summed E-state index contributed by atoms with van der Waals surface area (Å²) in [5.74, 6) is -1.19. The Balaban J connectivity index is 0.00000121. The van der Waals surface area contributed by atoms with Crippen LogP contribution < -0.4 is 0 Å². The van der Waals surface area contributed by atoms with Gasteiger partial charge in [-0.25, -0.2) is 0 Å². The molecular weight excluding hydrogens is 172 g/mol. The van der Waals surface area contributed by atoms with E-state index >= 15 is 0 Å². The lowest BCUT2D eigenvalue weighted by Gasteiger charge is -2.04. The summed E-state index contributed by atoms with van der Waals surface area (Å²) in [6.45, 7) is 1.68. The lowest BCUT2D eigenvalue weighted by molar-refractivity contribution is -0.138. The number of aliphatic carboxylic acids is 1. The Labute approximate surface area is 78.7 Å². The number of hydrogen-bond donors (Lipinski definition) is 1. The minimum atomic E-state index is -0.781. The van der Waals surface area contributed by atoms with Gasteiger partial charge in [0.25, 0.3) is 0 Å². The number of benzene rings is 1. The first-order valence-electron chi connectivity index (χ1n) is 3.49. The van der Waals surface area contributed by atoms with Gasteiger partial charge in [-0.1, -0.05) is 30.3 Å². The molecule has 0 bridgehead atoms. The fraction of sp³-hybridized carbons (Fsp3) is 0.222. The second kappa shape index (κ2) is 4.83. The van der Waals surface area contributed by atoms with Gasteiger partial charge < -0.3 is 5.11 Å². The molecule has 2 nitrogen and oxygen atoms in total. The molecule has 0 aromatic heterocycles. The molecule has 0 aliphatic rings. The molecule has 1 aromatic rings. The standard InChI is InChI=1S/C9H10O2.H2S/c1-7(9(10)11)8-5-3-2-4-6-8;/h2-7H,1H3,(H,10,11);1H2. The second-order valence-corrected chi connectivity index (χ2v) is 2.47. The second-order valence-electron chi connectivity index (χ2n) is 2.47. The number of hydrogen-bond acceptors (Lipinski definition) is 1. The highest BCUT2D eigenvalue weighted by atomic mass is 32.1. The van der Waals surface area contributed by atoms with Crippen LogP contribution in [0.2, 0.25) is 0 Å². The molecule has 0 aliphatic carbocycles. The third-order valence-corrected chi connectivity index (χ3v) is 1.67. The molecule has 0 amide bonds. The van der Waals surface area contributed by atoms with Gasteiger partial charge in [0.1, 0.15) is 0 Å². The average molecular weight is 184 g/mol. The first-order chi connectivity index (χ1) is 5.22. The Morgan fingerprint density at radius 2 is 1.83 bits per heavy atom. The SMILES string of the molecule is CC(C(=O)O)c1ccccc1.S. The smallest absolute Gasteiger partial charge is 0.310 e. The highest BCUT2D eigenvalue weighted by Gasteiger charge is 2.11. The van der Waals surface area contributed by atoms with Crippen LogP contribution in [0.15, 0.2) is 30.3 Å². The third-order valence-electron chi connectivity index (χ3n) is 1.67. The van der Waals surface area contributed by atoms with E-state index in [0.29, 0.717) is 0 Å². The molecule has 0 heterocycles. The van der Waals surface area contributed by atoms with Crippen molar-refractivity contribution >= 4 is 19.5 Å². The van der Waals surface area contributed by atoms with Crippen molar-refractivity contribution in [2.75, 3.05) is 0 Å². The first-order valence-corrected chi connectivity index (χ1v) is 3.49. The van der Waals surface area contributed by atoms with Crippen LogP contribution >= 0.6 is 13.5 Å². The number of carbonyl (C=O) groups is 1. The number of carboxylic acid groups (broad SMARTS) is 1. The largest absolute Gasteiger partial charge is 0.481 e. The van der Waals surface area contributed by atoms with Crippen LogP contribution in [0.1, 0.15) is 18.4 Å². The Hall–Kier alpha value is -0.960. The van der Waals surface area contributed by atoms with E-state index in [4.69, 9.17) is 5.11 Å². The molecule has 1 aromatic carbocycles. The summed E-state index contributed by atoms with van der Waals surface area (Å²) in [7, 11) is 0. The van der Waals surface area contributed by atoms with Crippen LogP contribution in [0.5, 0.6) is 0 Å². The van der Waals surface area contributed by atoms with Gasteiger partial charge in [0.2, 0.25) is 0 Å². The van der Waals surface area contributed by atoms with E-state index in [1.165, 1.54) is 0 Å².